The Kier molecular flexibility index (Phi) is 3.93. The molecule has 3 heteroatoms. The highest BCUT2D eigenvalue weighted by atomic mass is 16.7. The van der Waals surface area contributed by atoms with E-state index < -0.39 is 0 Å². The van der Waals surface area contributed by atoms with Crippen molar-refractivity contribution in [2.45, 2.75) is 32.2 Å². The molecular weight excluding hydrogens is 202 g/mol. The predicted molar refractivity (Wildman–Crippen MR) is 63.1 cm³/mol. The predicted octanol–water partition coefficient (Wildman–Crippen LogP) is 2.10. The molecule has 0 radical (unpaired) electrons. The topological polar surface area (TPSA) is 30.5 Å². The summed E-state index contributed by atoms with van der Waals surface area (Å²) >= 11 is 0. The fourth-order valence-corrected chi connectivity index (χ4v) is 1.98. The Balaban J connectivity index is 1.89. The van der Waals surface area contributed by atoms with Crippen LogP contribution in [0.2, 0.25) is 0 Å². The van der Waals surface area contributed by atoms with E-state index in [2.05, 4.69) is 43.4 Å². The van der Waals surface area contributed by atoms with E-state index in [0.29, 0.717) is 19.3 Å². The van der Waals surface area contributed by atoms with Crippen LogP contribution in [0.1, 0.15) is 25.5 Å². The van der Waals surface area contributed by atoms with E-state index >= 15 is 0 Å². The van der Waals surface area contributed by atoms with Gasteiger partial charge in [0.1, 0.15) is 0 Å². The first-order valence-electron chi connectivity index (χ1n) is 5.81. The molecule has 1 fully saturated rings. The fourth-order valence-electron chi connectivity index (χ4n) is 1.98. The summed E-state index contributed by atoms with van der Waals surface area (Å²) in [7, 11) is 0. The second kappa shape index (κ2) is 5.43. The second-order valence-electron chi connectivity index (χ2n) is 4.20. The van der Waals surface area contributed by atoms with E-state index in [0.717, 1.165) is 0 Å². The van der Waals surface area contributed by atoms with Gasteiger partial charge in [0.05, 0.1) is 19.3 Å². The third kappa shape index (κ3) is 2.82. The van der Waals surface area contributed by atoms with E-state index in [1.165, 1.54) is 5.56 Å². The lowest BCUT2D eigenvalue weighted by atomic mass is 10.1. The number of ether oxygens (including phenoxy) is 2. The molecular formula is C13H19NO2. The van der Waals surface area contributed by atoms with Gasteiger partial charge < -0.3 is 14.8 Å². The molecule has 16 heavy (non-hydrogen) atoms. The molecule has 1 N–H and O–H groups in total. The zero-order chi connectivity index (χ0) is 11.4. The van der Waals surface area contributed by atoms with Gasteiger partial charge in [-0.2, -0.15) is 0 Å². The Bertz CT molecular complexity index is 309. The quantitative estimate of drug-likeness (QED) is 0.844. The lowest BCUT2D eigenvalue weighted by molar-refractivity contribution is -0.0650. The third-order valence-corrected chi connectivity index (χ3v) is 2.87. The van der Waals surface area contributed by atoms with E-state index in [4.69, 9.17) is 9.47 Å². The lowest BCUT2D eigenvalue weighted by Gasteiger charge is -2.23. The number of hydrogen-bond donors (Lipinski definition) is 1. The Morgan fingerprint density at radius 2 is 1.75 bits per heavy atom. The van der Waals surface area contributed by atoms with Gasteiger partial charge in [-0.25, -0.2) is 0 Å². The molecule has 1 aliphatic rings. The molecule has 1 aliphatic heterocycles. The molecule has 0 unspecified atom stereocenters. The first-order chi connectivity index (χ1) is 7.77. The SMILES string of the molecule is C[C@H](N[C@@H](C)C1OCCO1)c1ccccc1. The molecule has 0 amide bonds. The first-order valence-corrected chi connectivity index (χ1v) is 5.81. The summed E-state index contributed by atoms with van der Waals surface area (Å²) in [4.78, 5) is 0. The monoisotopic (exact) mass is 221 g/mol. The van der Waals surface area contributed by atoms with Crippen molar-refractivity contribution in [3.8, 4) is 0 Å². The summed E-state index contributed by atoms with van der Waals surface area (Å²) in [5.41, 5.74) is 1.28. The van der Waals surface area contributed by atoms with Crippen LogP contribution in [-0.4, -0.2) is 25.5 Å². The number of hydrogen-bond acceptors (Lipinski definition) is 3. The van der Waals surface area contributed by atoms with Gasteiger partial charge in [-0.15, -0.1) is 0 Å². The van der Waals surface area contributed by atoms with E-state index in [1.54, 1.807) is 0 Å². The largest absolute Gasteiger partial charge is 0.349 e. The van der Waals surface area contributed by atoms with Gasteiger partial charge in [0.2, 0.25) is 0 Å². The Morgan fingerprint density at radius 1 is 1.12 bits per heavy atom. The zero-order valence-electron chi connectivity index (χ0n) is 9.85. The minimum atomic E-state index is -0.105. The molecule has 1 aromatic carbocycles. The van der Waals surface area contributed by atoms with Crippen LogP contribution in [0.5, 0.6) is 0 Å². The minimum absolute atomic E-state index is 0.105. The standard InChI is InChI=1S/C13H19NO2/c1-10(12-6-4-3-5-7-12)14-11(2)13-15-8-9-16-13/h3-7,10-11,13-14H,8-9H2,1-2H3/t10-,11-/m0/s1. The molecule has 88 valence electrons. The molecule has 0 saturated carbocycles. The number of nitrogens with one attached hydrogen (secondary N) is 1. The Labute approximate surface area is 96.8 Å². The number of benzene rings is 1. The van der Waals surface area contributed by atoms with Crippen LogP contribution in [0, 0.1) is 0 Å². The normalized spacial score (nSPS) is 20.9. The van der Waals surface area contributed by atoms with Gasteiger partial charge in [0.15, 0.2) is 6.29 Å². The third-order valence-electron chi connectivity index (χ3n) is 2.87. The fraction of sp³-hybridized carbons (Fsp3) is 0.538. The van der Waals surface area contributed by atoms with Gasteiger partial charge in [0, 0.05) is 6.04 Å². The zero-order valence-corrected chi connectivity index (χ0v) is 9.85. The highest BCUT2D eigenvalue weighted by molar-refractivity contribution is 5.18. The maximum absolute atomic E-state index is 5.47. The molecule has 1 saturated heterocycles. The van der Waals surface area contributed by atoms with E-state index in [-0.39, 0.29) is 12.3 Å². The molecule has 2 rings (SSSR count). The average molecular weight is 221 g/mol. The van der Waals surface area contributed by atoms with Crippen molar-refractivity contribution in [3.05, 3.63) is 35.9 Å². The van der Waals surface area contributed by atoms with Gasteiger partial charge in [-0.3, -0.25) is 0 Å². The molecule has 1 heterocycles. The molecule has 3 nitrogen and oxygen atoms in total. The Hall–Kier alpha value is -0.900. The molecule has 2 atom stereocenters. The molecule has 1 aromatic rings. The summed E-state index contributed by atoms with van der Waals surface area (Å²) in [5.74, 6) is 0. The van der Waals surface area contributed by atoms with Crippen molar-refractivity contribution < 1.29 is 9.47 Å². The van der Waals surface area contributed by atoms with Crippen LogP contribution < -0.4 is 5.32 Å². The van der Waals surface area contributed by atoms with E-state index in [9.17, 15) is 0 Å². The summed E-state index contributed by atoms with van der Waals surface area (Å²) in [5, 5.41) is 3.49. The van der Waals surface area contributed by atoms with Crippen molar-refractivity contribution >= 4 is 0 Å². The van der Waals surface area contributed by atoms with Crippen LogP contribution >= 0.6 is 0 Å². The summed E-state index contributed by atoms with van der Waals surface area (Å²) < 4.78 is 10.9. The van der Waals surface area contributed by atoms with Gasteiger partial charge >= 0.3 is 0 Å². The first kappa shape index (κ1) is 11.6. The van der Waals surface area contributed by atoms with Gasteiger partial charge in [-0.1, -0.05) is 30.3 Å². The highest BCUT2D eigenvalue weighted by Gasteiger charge is 2.24. The van der Waals surface area contributed by atoms with E-state index in [1.807, 2.05) is 6.07 Å². The molecule has 0 aliphatic carbocycles. The maximum atomic E-state index is 5.47. The van der Waals surface area contributed by atoms with Crippen molar-refractivity contribution in [1.82, 2.24) is 5.32 Å². The van der Waals surface area contributed by atoms with Crippen LogP contribution in [0.15, 0.2) is 30.3 Å². The Morgan fingerprint density at radius 3 is 2.38 bits per heavy atom. The summed E-state index contributed by atoms with van der Waals surface area (Å²) in [6.45, 7) is 5.66. The van der Waals surface area contributed by atoms with Gasteiger partial charge in [0.25, 0.3) is 0 Å². The van der Waals surface area contributed by atoms with Crippen LogP contribution in [-0.2, 0) is 9.47 Å². The number of rotatable bonds is 4. The van der Waals surface area contributed by atoms with Crippen LogP contribution in [0.3, 0.4) is 0 Å². The summed E-state index contributed by atoms with van der Waals surface area (Å²) in [6, 6.07) is 10.9. The van der Waals surface area contributed by atoms with Crippen molar-refractivity contribution in [2.24, 2.45) is 0 Å². The van der Waals surface area contributed by atoms with Crippen LogP contribution in [0.4, 0.5) is 0 Å². The lowest BCUT2D eigenvalue weighted by Crippen LogP contribution is -2.39. The highest BCUT2D eigenvalue weighted by Crippen LogP contribution is 2.15. The minimum Gasteiger partial charge on any atom is -0.349 e. The van der Waals surface area contributed by atoms with Gasteiger partial charge in [-0.05, 0) is 19.4 Å². The molecule has 0 aromatic heterocycles. The van der Waals surface area contributed by atoms with Crippen molar-refractivity contribution in [2.75, 3.05) is 13.2 Å². The molecule has 0 bridgehead atoms. The maximum Gasteiger partial charge on any atom is 0.172 e. The van der Waals surface area contributed by atoms with Crippen molar-refractivity contribution in [1.29, 1.82) is 0 Å². The summed E-state index contributed by atoms with van der Waals surface area (Å²) in [6.07, 6.45) is -0.105. The average Bonchev–Trinajstić information content (AvgIpc) is 2.83. The van der Waals surface area contributed by atoms with Crippen molar-refractivity contribution in [3.63, 3.8) is 0 Å². The molecule has 0 spiro atoms. The second-order valence-corrected chi connectivity index (χ2v) is 4.20. The smallest absolute Gasteiger partial charge is 0.172 e. The van der Waals surface area contributed by atoms with Crippen LogP contribution in [0.25, 0.3) is 0 Å².